The number of methoxy groups -OCH3 is 1. The highest BCUT2D eigenvalue weighted by Gasteiger charge is 2.51. The fourth-order valence-corrected chi connectivity index (χ4v) is 4.08. The lowest BCUT2D eigenvalue weighted by Gasteiger charge is -2.29. The molecule has 0 spiro atoms. The van der Waals surface area contributed by atoms with E-state index in [4.69, 9.17) is 9.26 Å². The molecule has 3 heterocycles. The maximum Gasteiger partial charge on any atom is 0.247 e. The molecule has 2 aliphatic heterocycles. The number of hydrogen-bond acceptors (Lipinski definition) is 5. The van der Waals surface area contributed by atoms with Crippen molar-refractivity contribution in [2.24, 2.45) is 0 Å². The van der Waals surface area contributed by atoms with Gasteiger partial charge in [0.15, 0.2) is 5.82 Å². The highest BCUT2D eigenvalue weighted by Crippen LogP contribution is 2.45. The molecule has 126 valence electrons. The second-order valence-electron chi connectivity index (χ2n) is 6.16. The lowest BCUT2D eigenvalue weighted by molar-refractivity contribution is -0.119. The summed E-state index contributed by atoms with van der Waals surface area (Å²) >= 11 is 3.53. The van der Waals surface area contributed by atoms with Crippen LogP contribution in [-0.2, 0) is 4.79 Å². The third-order valence-corrected chi connectivity index (χ3v) is 5.20. The number of aromatic nitrogens is 1. The van der Waals surface area contributed by atoms with Crippen LogP contribution < -0.4 is 9.64 Å². The Morgan fingerprint density at radius 2 is 2.21 bits per heavy atom. The van der Waals surface area contributed by atoms with Crippen LogP contribution in [0.2, 0.25) is 0 Å². The number of amides is 1. The van der Waals surface area contributed by atoms with Crippen molar-refractivity contribution < 1.29 is 14.1 Å². The van der Waals surface area contributed by atoms with E-state index in [-0.39, 0.29) is 18.1 Å². The summed E-state index contributed by atoms with van der Waals surface area (Å²) in [6.07, 6.45) is 1.66. The topological polar surface area (TPSA) is 58.8 Å². The molecule has 0 N–H and O–H groups in total. The molecule has 2 atom stereocenters. The van der Waals surface area contributed by atoms with Crippen molar-refractivity contribution >= 4 is 27.7 Å². The summed E-state index contributed by atoms with van der Waals surface area (Å²) in [5.74, 6) is 2.07. The normalized spacial score (nSPS) is 23.8. The van der Waals surface area contributed by atoms with Crippen LogP contribution in [0.5, 0.6) is 5.75 Å². The Bertz CT molecular complexity index is 791. The lowest BCUT2D eigenvalue weighted by Crippen LogP contribution is -2.32. The first-order valence-electron chi connectivity index (χ1n) is 7.95. The Morgan fingerprint density at radius 1 is 1.38 bits per heavy atom. The van der Waals surface area contributed by atoms with Crippen LogP contribution in [-0.4, -0.2) is 35.7 Å². The van der Waals surface area contributed by atoms with Gasteiger partial charge in [0.2, 0.25) is 5.91 Å². The number of benzene rings is 1. The molecule has 2 aliphatic rings. The summed E-state index contributed by atoms with van der Waals surface area (Å²) in [5, 5.41) is 4.08. The molecule has 0 saturated carbocycles. The molecular formula is C17H18BrN3O3. The van der Waals surface area contributed by atoms with Gasteiger partial charge in [-0.25, -0.2) is 0 Å². The van der Waals surface area contributed by atoms with Crippen molar-refractivity contribution in [1.29, 1.82) is 0 Å². The number of ether oxygens (including phenoxy) is 1. The number of anilines is 1. The van der Waals surface area contributed by atoms with Gasteiger partial charge in [-0.3, -0.25) is 14.6 Å². The first kappa shape index (κ1) is 15.7. The Balaban J connectivity index is 1.86. The number of halogens is 1. The van der Waals surface area contributed by atoms with Crippen LogP contribution in [0, 0.1) is 6.92 Å². The SMILES string of the molecule is COc1ccc(Br)cc1[C@H]1N(c2cc(C)on2)C(=O)[C@@H]2CCCN21. The number of rotatable bonds is 3. The average molecular weight is 392 g/mol. The lowest BCUT2D eigenvalue weighted by atomic mass is 10.1. The number of carbonyl (C=O) groups excluding carboxylic acids is 1. The molecule has 1 aromatic heterocycles. The molecule has 4 rings (SSSR count). The zero-order valence-electron chi connectivity index (χ0n) is 13.5. The van der Waals surface area contributed by atoms with Gasteiger partial charge in [-0.15, -0.1) is 0 Å². The summed E-state index contributed by atoms with van der Waals surface area (Å²) in [5.41, 5.74) is 0.949. The molecule has 24 heavy (non-hydrogen) atoms. The second-order valence-corrected chi connectivity index (χ2v) is 7.08. The zero-order chi connectivity index (χ0) is 16.8. The van der Waals surface area contributed by atoms with Gasteiger partial charge in [-0.1, -0.05) is 21.1 Å². The van der Waals surface area contributed by atoms with E-state index < -0.39 is 0 Å². The first-order valence-corrected chi connectivity index (χ1v) is 8.75. The second kappa shape index (κ2) is 5.89. The van der Waals surface area contributed by atoms with Crippen molar-refractivity contribution in [3.05, 3.63) is 40.1 Å². The Morgan fingerprint density at radius 3 is 2.92 bits per heavy atom. The number of nitrogens with zero attached hydrogens (tertiary/aromatic N) is 3. The molecule has 2 fully saturated rings. The molecule has 0 aliphatic carbocycles. The van der Waals surface area contributed by atoms with Crippen LogP contribution in [0.4, 0.5) is 5.82 Å². The quantitative estimate of drug-likeness (QED) is 0.803. The highest BCUT2D eigenvalue weighted by atomic mass is 79.9. The van der Waals surface area contributed by atoms with Gasteiger partial charge < -0.3 is 9.26 Å². The minimum atomic E-state index is -0.234. The van der Waals surface area contributed by atoms with Gasteiger partial charge >= 0.3 is 0 Å². The molecule has 1 aromatic carbocycles. The van der Waals surface area contributed by atoms with Crippen molar-refractivity contribution in [3.8, 4) is 5.75 Å². The summed E-state index contributed by atoms with van der Waals surface area (Å²) in [7, 11) is 1.65. The predicted octanol–water partition coefficient (Wildman–Crippen LogP) is 3.26. The van der Waals surface area contributed by atoms with Crippen molar-refractivity contribution in [3.63, 3.8) is 0 Å². The molecule has 7 heteroatoms. The monoisotopic (exact) mass is 391 g/mol. The predicted molar refractivity (Wildman–Crippen MR) is 91.9 cm³/mol. The van der Waals surface area contributed by atoms with Gasteiger partial charge in [0.25, 0.3) is 0 Å². The van der Waals surface area contributed by atoms with E-state index in [1.807, 2.05) is 25.1 Å². The Labute approximate surface area is 148 Å². The molecular weight excluding hydrogens is 374 g/mol. The van der Waals surface area contributed by atoms with Crippen LogP contribution in [0.1, 0.15) is 30.3 Å². The summed E-state index contributed by atoms with van der Waals surface area (Å²) < 4.78 is 11.7. The van der Waals surface area contributed by atoms with Crippen molar-refractivity contribution in [1.82, 2.24) is 10.1 Å². The molecule has 6 nitrogen and oxygen atoms in total. The van der Waals surface area contributed by atoms with Crippen LogP contribution in [0.3, 0.4) is 0 Å². The van der Waals surface area contributed by atoms with E-state index in [0.717, 1.165) is 35.2 Å². The number of hydrogen-bond donors (Lipinski definition) is 0. The van der Waals surface area contributed by atoms with Gasteiger partial charge in [-0.05, 0) is 38.0 Å². The first-order chi connectivity index (χ1) is 11.6. The van der Waals surface area contributed by atoms with Gasteiger partial charge in [0, 0.05) is 22.6 Å². The third-order valence-electron chi connectivity index (χ3n) is 4.71. The summed E-state index contributed by atoms with van der Waals surface area (Å²) in [4.78, 5) is 17.0. The smallest absolute Gasteiger partial charge is 0.247 e. The highest BCUT2D eigenvalue weighted by molar-refractivity contribution is 9.10. The van der Waals surface area contributed by atoms with Crippen molar-refractivity contribution in [2.45, 2.75) is 32.0 Å². The fraction of sp³-hybridized carbons (Fsp3) is 0.412. The molecule has 0 bridgehead atoms. The molecule has 0 unspecified atom stereocenters. The largest absolute Gasteiger partial charge is 0.496 e. The Kier molecular flexibility index (Phi) is 3.85. The molecule has 2 aromatic rings. The summed E-state index contributed by atoms with van der Waals surface area (Å²) in [6.45, 7) is 2.71. The number of carbonyl (C=O) groups is 1. The Hall–Kier alpha value is -1.86. The minimum Gasteiger partial charge on any atom is -0.496 e. The zero-order valence-corrected chi connectivity index (χ0v) is 15.1. The number of aryl methyl sites for hydroxylation is 1. The maximum atomic E-state index is 13.0. The van der Waals surface area contributed by atoms with Gasteiger partial charge in [0.1, 0.15) is 17.7 Å². The van der Waals surface area contributed by atoms with E-state index >= 15 is 0 Å². The van der Waals surface area contributed by atoms with E-state index in [1.165, 1.54) is 0 Å². The van der Waals surface area contributed by atoms with Crippen LogP contribution in [0.25, 0.3) is 0 Å². The molecule has 2 saturated heterocycles. The van der Waals surface area contributed by atoms with Gasteiger partial charge in [0.05, 0.1) is 13.2 Å². The van der Waals surface area contributed by atoms with E-state index in [9.17, 15) is 4.79 Å². The average Bonchev–Trinajstić information content (AvgIpc) is 3.25. The van der Waals surface area contributed by atoms with Crippen LogP contribution in [0.15, 0.2) is 33.3 Å². The standard InChI is InChI=1S/C17H18BrN3O3/c1-10-8-15(19-24-10)21-16(20-7-3-4-13(20)17(21)22)12-9-11(18)5-6-14(12)23-2/h5-6,8-9,13,16H,3-4,7H2,1-2H3/t13-,16+/m0/s1. The molecule has 0 radical (unpaired) electrons. The summed E-state index contributed by atoms with van der Waals surface area (Å²) in [6, 6.07) is 7.57. The van der Waals surface area contributed by atoms with E-state index in [1.54, 1.807) is 18.1 Å². The minimum absolute atomic E-state index is 0.0767. The van der Waals surface area contributed by atoms with Crippen molar-refractivity contribution in [2.75, 3.05) is 18.6 Å². The fourth-order valence-electron chi connectivity index (χ4n) is 3.71. The van der Waals surface area contributed by atoms with Gasteiger partial charge in [-0.2, -0.15) is 0 Å². The number of fused-ring (bicyclic) bond motifs is 1. The van der Waals surface area contributed by atoms with Crippen LogP contribution >= 0.6 is 15.9 Å². The molecule has 1 amide bonds. The maximum absolute atomic E-state index is 13.0. The van der Waals surface area contributed by atoms with E-state index in [2.05, 4.69) is 26.0 Å². The third kappa shape index (κ3) is 2.34. The van der Waals surface area contributed by atoms with E-state index in [0.29, 0.717) is 11.6 Å².